The number of azide groups is 1. The maximum Gasteiger partial charge on any atom is 0.0616 e. The molecule has 0 amide bonds. The number of hydrogen-bond acceptors (Lipinski definition) is 2. The summed E-state index contributed by atoms with van der Waals surface area (Å²) < 4.78 is 0. The van der Waals surface area contributed by atoms with E-state index in [9.17, 15) is 0 Å². The van der Waals surface area contributed by atoms with Crippen molar-refractivity contribution in [2.75, 3.05) is 6.54 Å². The minimum Gasteiger partial charge on any atom is -0.361 e. The monoisotopic (exact) mass is 201 g/mol. The summed E-state index contributed by atoms with van der Waals surface area (Å²) in [6.07, 6.45) is 2.73. The molecule has 0 aliphatic carbocycles. The van der Waals surface area contributed by atoms with Crippen molar-refractivity contribution in [2.24, 2.45) is 10.8 Å². The van der Waals surface area contributed by atoms with E-state index in [1.165, 1.54) is 0 Å². The summed E-state index contributed by atoms with van der Waals surface area (Å²) in [4.78, 5) is 5.90. The number of nitrogens with zero attached hydrogens (tertiary/aromatic N) is 3. The van der Waals surface area contributed by atoms with Crippen LogP contribution < -0.4 is 5.73 Å². The minimum absolute atomic E-state index is 0.610. The zero-order chi connectivity index (χ0) is 10.7. The Hall–Kier alpha value is -1.97. The number of H-pyrrole nitrogens is 1. The van der Waals surface area contributed by atoms with E-state index in [4.69, 9.17) is 11.3 Å². The second-order valence-electron chi connectivity index (χ2n) is 3.24. The van der Waals surface area contributed by atoms with Gasteiger partial charge in [0.15, 0.2) is 0 Å². The fraction of sp³-hybridized carbons (Fsp3) is 0.200. The summed E-state index contributed by atoms with van der Waals surface area (Å²) in [6.45, 7) is 0.610. The Morgan fingerprint density at radius 1 is 1.47 bits per heavy atom. The number of para-hydroxylation sites is 1. The molecule has 15 heavy (non-hydrogen) atoms. The number of nitrogens with one attached hydrogen (secondary N) is 1. The van der Waals surface area contributed by atoms with Crippen LogP contribution in [0, 0.1) is 0 Å². The highest BCUT2D eigenvalue weighted by Gasteiger charge is 2.05. The van der Waals surface area contributed by atoms with Crippen LogP contribution in [0.3, 0.4) is 0 Å². The molecule has 1 aromatic heterocycles. The van der Waals surface area contributed by atoms with Gasteiger partial charge in [-0.2, -0.15) is 0 Å². The molecule has 1 heterocycles. The molecule has 3 N–H and O–H groups in total. The van der Waals surface area contributed by atoms with Crippen molar-refractivity contribution in [3.8, 4) is 0 Å². The summed E-state index contributed by atoms with van der Waals surface area (Å²) >= 11 is 0. The topological polar surface area (TPSA) is 90.6 Å². The number of nitrogens with two attached hydrogens (primary N) is 1. The molecular weight excluding hydrogens is 190 g/mol. The molecule has 0 saturated heterocycles. The average Bonchev–Trinajstić information content (AvgIpc) is 2.64. The van der Waals surface area contributed by atoms with Crippen molar-refractivity contribution in [3.63, 3.8) is 0 Å². The van der Waals surface area contributed by atoms with Crippen molar-refractivity contribution in [3.05, 3.63) is 40.4 Å². The van der Waals surface area contributed by atoms with Crippen LogP contribution in [0.15, 0.2) is 29.5 Å². The third-order valence-electron chi connectivity index (χ3n) is 2.35. The molecule has 76 valence electrons. The van der Waals surface area contributed by atoms with Gasteiger partial charge in [0.05, 0.1) is 11.2 Å². The molecule has 0 atom stereocenters. The summed E-state index contributed by atoms with van der Waals surface area (Å²) in [5, 5.41) is 4.70. The van der Waals surface area contributed by atoms with E-state index >= 15 is 0 Å². The van der Waals surface area contributed by atoms with Crippen LogP contribution in [0.1, 0.15) is 5.56 Å². The highest BCUT2D eigenvalue weighted by molar-refractivity contribution is 5.92. The highest BCUT2D eigenvalue weighted by atomic mass is 15.1. The molecule has 0 bridgehead atoms. The number of rotatable bonds is 3. The van der Waals surface area contributed by atoms with E-state index in [-0.39, 0.29) is 0 Å². The number of benzene rings is 1. The van der Waals surface area contributed by atoms with E-state index in [1.807, 2.05) is 18.3 Å². The Kier molecular flexibility index (Phi) is 2.58. The molecule has 0 spiro atoms. The van der Waals surface area contributed by atoms with Crippen LogP contribution in [0.2, 0.25) is 0 Å². The van der Waals surface area contributed by atoms with Crippen molar-refractivity contribution in [2.45, 2.75) is 6.42 Å². The van der Waals surface area contributed by atoms with Gasteiger partial charge in [-0.25, -0.2) is 0 Å². The Bertz CT molecular complexity index is 522. The molecular formula is C10H11N5. The lowest BCUT2D eigenvalue weighted by atomic mass is 10.1. The first-order valence-electron chi connectivity index (χ1n) is 4.71. The average molecular weight is 201 g/mol. The van der Waals surface area contributed by atoms with Crippen molar-refractivity contribution < 1.29 is 0 Å². The van der Waals surface area contributed by atoms with Crippen molar-refractivity contribution in [1.82, 2.24) is 4.98 Å². The van der Waals surface area contributed by atoms with E-state index in [0.29, 0.717) is 12.2 Å². The molecule has 0 radical (unpaired) electrons. The van der Waals surface area contributed by atoms with Crippen molar-refractivity contribution >= 4 is 16.6 Å². The van der Waals surface area contributed by atoms with E-state index in [2.05, 4.69) is 15.0 Å². The first-order chi connectivity index (χ1) is 7.36. The number of hydrogen-bond donors (Lipinski definition) is 2. The number of aromatic nitrogens is 1. The first kappa shape index (κ1) is 9.58. The second-order valence-corrected chi connectivity index (χ2v) is 3.24. The van der Waals surface area contributed by atoms with Gasteiger partial charge in [0.2, 0.25) is 0 Å². The lowest BCUT2D eigenvalue weighted by Crippen LogP contribution is -2.01. The third-order valence-corrected chi connectivity index (χ3v) is 2.35. The predicted molar refractivity (Wildman–Crippen MR) is 59.9 cm³/mol. The van der Waals surface area contributed by atoms with Gasteiger partial charge >= 0.3 is 0 Å². The van der Waals surface area contributed by atoms with Crippen LogP contribution in [-0.2, 0) is 6.42 Å². The standard InChI is InChI=1S/C10H11N5/c11-5-4-7-6-13-10-8(7)2-1-3-9(10)14-15-12/h1-3,6,13H,4-5,11H2. The smallest absolute Gasteiger partial charge is 0.0616 e. The van der Waals surface area contributed by atoms with Crippen LogP contribution >= 0.6 is 0 Å². The quantitative estimate of drug-likeness (QED) is 0.446. The van der Waals surface area contributed by atoms with Crippen LogP contribution in [0.4, 0.5) is 5.69 Å². The number of aromatic amines is 1. The summed E-state index contributed by atoms with van der Waals surface area (Å²) in [5.41, 5.74) is 16.6. The maximum absolute atomic E-state index is 8.41. The van der Waals surface area contributed by atoms with Gasteiger partial charge in [0.1, 0.15) is 0 Å². The fourth-order valence-corrected chi connectivity index (χ4v) is 1.69. The lowest BCUT2D eigenvalue weighted by molar-refractivity contribution is 0.976. The predicted octanol–water partition coefficient (Wildman–Crippen LogP) is 2.61. The molecule has 5 nitrogen and oxygen atoms in total. The van der Waals surface area contributed by atoms with Crippen LogP contribution in [0.25, 0.3) is 21.3 Å². The molecule has 0 fully saturated rings. The third kappa shape index (κ3) is 1.66. The van der Waals surface area contributed by atoms with E-state index in [0.717, 1.165) is 22.9 Å². The Balaban J connectivity index is 2.62. The van der Waals surface area contributed by atoms with Gasteiger partial charge < -0.3 is 10.7 Å². The van der Waals surface area contributed by atoms with Gasteiger partial charge in [-0.3, -0.25) is 0 Å². The number of fused-ring (bicyclic) bond motifs is 1. The van der Waals surface area contributed by atoms with Gasteiger partial charge in [0.25, 0.3) is 0 Å². The zero-order valence-electron chi connectivity index (χ0n) is 8.14. The summed E-state index contributed by atoms with van der Waals surface area (Å²) in [7, 11) is 0. The normalized spacial score (nSPS) is 10.2. The maximum atomic E-state index is 8.41. The minimum atomic E-state index is 0.610. The molecule has 0 saturated carbocycles. The van der Waals surface area contributed by atoms with Gasteiger partial charge in [0, 0.05) is 16.5 Å². The summed E-state index contributed by atoms with van der Waals surface area (Å²) in [5.74, 6) is 0. The lowest BCUT2D eigenvalue weighted by Gasteiger charge is -1.97. The van der Waals surface area contributed by atoms with Gasteiger partial charge in [-0.05, 0) is 24.1 Å². The largest absolute Gasteiger partial charge is 0.361 e. The zero-order valence-corrected chi connectivity index (χ0v) is 8.14. The molecule has 5 heteroatoms. The van der Waals surface area contributed by atoms with Crippen LogP contribution in [-0.4, -0.2) is 11.5 Å². The van der Waals surface area contributed by atoms with Gasteiger partial charge in [-0.15, -0.1) is 0 Å². The highest BCUT2D eigenvalue weighted by Crippen LogP contribution is 2.27. The molecule has 2 rings (SSSR count). The first-order valence-corrected chi connectivity index (χ1v) is 4.71. The Morgan fingerprint density at radius 2 is 2.33 bits per heavy atom. The molecule has 0 aliphatic rings. The van der Waals surface area contributed by atoms with E-state index < -0.39 is 0 Å². The molecule has 2 aromatic rings. The van der Waals surface area contributed by atoms with Crippen molar-refractivity contribution in [1.29, 1.82) is 0 Å². The van der Waals surface area contributed by atoms with E-state index in [1.54, 1.807) is 6.07 Å². The SMILES string of the molecule is [N-]=[N+]=Nc1cccc2c(CCN)c[nH]c12. The Morgan fingerprint density at radius 3 is 3.07 bits per heavy atom. The van der Waals surface area contributed by atoms with Crippen LogP contribution in [0.5, 0.6) is 0 Å². The molecule has 0 unspecified atom stereocenters. The molecule has 1 aromatic carbocycles. The molecule has 0 aliphatic heterocycles. The summed E-state index contributed by atoms with van der Waals surface area (Å²) in [6, 6.07) is 5.65. The fourth-order valence-electron chi connectivity index (χ4n) is 1.69. The Labute approximate surface area is 86.5 Å². The van der Waals surface area contributed by atoms with Gasteiger partial charge in [-0.1, -0.05) is 23.3 Å². The second kappa shape index (κ2) is 4.04.